The molecule has 2 unspecified atom stereocenters. The predicted octanol–water partition coefficient (Wildman–Crippen LogP) is 0.118. The highest BCUT2D eigenvalue weighted by atomic mass is 19.1. The van der Waals surface area contributed by atoms with Gasteiger partial charge in [0.2, 0.25) is 5.91 Å². The molecule has 2 fully saturated rings. The van der Waals surface area contributed by atoms with Crippen LogP contribution in [-0.4, -0.2) is 42.1 Å². The molecule has 4 nitrogen and oxygen atoms in total. The van der Waals surface area contributed by atoms with Gasteiger partial charge in [0, 0.05) is 6.92 Å². The van der Waals surface area contributed by atoms with Crippen molar-refractivity contribution >= 4 is 11.9 Å². The first kappa shape index (κ1) is 9.43. The Morgan fingerprint density at radius 1 is 1.43 bits per heavy atom. The van der Waals surface area contributed by atoms with Gasteiger partial charge in [-0.1, -0.05) is 0 Å². The number of halogens is 1. The summed E-state index contributed by atoms with van der Waals surface area (Å²) in [6, 6.07) is 0. The van der Waals surface area contributed by atoms with E-state index in [1.54, 1.807) is 0 Å². The predicted molar refractivity (Wildman–Crippen MR) is 45.1 cm³/mol. The molecule has 0 spiro atoms. The Labute approximate surface area is 81.0 Å². The molecule has 0 aromatic rings. The van der Waals surface area contributed by atoms with Crippen LogP contribution in [0, 0.1) is 5.92 Å². The molecular weight excluding hydrogens is 189 g/mol. The molecule has 0 aromatic heterocycles. The monoisotopic (exact) mass is 201 g/mol. The van der Waals surface area contributed by atoms with Gasteiger partial charge in [0.05, 0.1) is 19.0 Å². The van der Waals surface area contributed by atoms with Crippen LogP contribution in [0.3, 0.4) is 0 Å². The maximum absolute atomic E-state index is 12.5. The first-order chi connectivity index (χ1) is 6.58. The Bertz CT molecular complexity index is 275. The van der Waals surface area contributed by atoms with E-state index in [0.29, 0.717) is 19.5 Å². The number of hydrogen-bond donors (Lipinski definition) is 0. The number of likely N-dealkylation sites (tertiary alicyclic amines) is 1. The van der Waals surface area contributed by atoms with Gasteiger partial charge in [0.15, 0.2) is 0 Å². The van der Waals surface area contributed by atoms with Gasteiger partial charge in [0.1, 0.15) is 12.3 Å². The Morgan fingerprint density at radius 2 is 2.00 bits per heavy atom. The second-order valence-electron chi connectivity index (χ2n) is 3.83. The van der Waals surface area contributed by atoms with Gasteiger partial charge in [0.25, 0.3) is 0 Å². The smallest absolute Gasteiger partial charge is 0.303 e. The Morgan fingerprint density at radius 3 is 2.43 bits per heavy atom. The van der Waals surface area contributed by atoms with E-state index in [4.69, 9.17) is 4.74 Å². The molecule has 14 heavy (non-hydrogen) atoms. The number of amides is 1. The van der Waals surface area contributed by atoms with Crippen molar-refractivity contribution in [2.24, 2.45) is 5.92 Å². The molecule has 0 bridgehead atoms. The fraction of sp³-hybridized carbons (Fsp3) is 0.778. The summed E-state index contributed by atoms with van der Waals surface area (Å²) in [5, 5.41) is 0. The molecule has 0 N–H and O–H groups in total. The van der Waals surface area contributed by atoms with E-state index in [0.717, 1.165) is 0 Å². The lowest BCUT2D eigenvalue weighted by Crippen LogP contribution is -2.55. The summed E-state index contributed by atoms with van der Waals surface area (Å²) in [4.78, 5) is 23.5. The third-order valence-corrected chi connectivity index (χ3v) is 2.52. The van der Waals surface area contributed by atoms with Gasteiger partial charge in [-0.2, -0.15) is 0 Å². The van der Waals surface area contributed by atoms with E-state index in [1.165, 1.54) is 11.8 Å². The number of rotatable bonds is 2. The van der Waals surface area contributed by atoms with Crippen LogP contribution >= 0.6 is 0 Å². The molecule has 1 amide bonds. The normalized spacial score (nSPS) is 30.9. The SMILES string of the molecule is CC(=O)OC1CN(C(=O)C2CC2F)C1. The minimum atomic E-state index is -0.949. The van der Waals surface area contributed by atoms with Crippen molar-refractivity contribution in [2.75, 3.05) is 13.1 Å². The van der Waals surface area contributed by atoms with Gasteiger partial charge in [-0.05, 0) is 6.42 Å². The van der Waals surface area contributed by atoms with Crippen molar-refractivity contribution < 1.29 is 18.7 Å². The average molecular weight is 201 g/mol. The molecule has 1 heterocycles. The van der Waals surface area contributed by atoms with Crippen molar-refractivity contribution in [2.45, 2.75) is 25.6 Å². The van der Waals surface area contributed by atoms with E-state index in [-0.39, 0.29) is 18.0 Å². The summed E-state index contributed by atoms with van der Waals surface area (Å²) < 4.78 is 17.4. The maximum atomic E-state index is 12.5. The number of esters is 1. The molecule has 1 saturated heterocycles. The molecule has 1 saturated carbocycles. The molecule has 2 rings (SSSR count). The summed E-state index contributed by atoms with van der Waals surface area (Å²) in [5.74, 6) is -0.897. The number of alkyl halides is 1. The van der Waals surface area contributed by atoms with E-state index < -0.39 is 12.1 Å². The van der Waals surface area contributed by atoms with Crippen LogP contribution < -0.4 is 0 Å². The zero-order valence-corrected chi connectivity index (χ0v) is 7.90. The van der Waals surface area contributed by atoms with E-state index in [2.05, 4.69) is 0 Å². The summed E-state index contributed by atoms with van der Waals surface area (Å²) >= 11 is 0. The fourth-order valence-corrected chi connectivity index (χ4v) is 1.58. The van der Waals surface area contributed by atoms with Crippen molar-refractivity contribution in [3.63, 3.8) is 0 Å². The summed E-state index contributed by atoms with van der Waals surface area (Å²) in [6.07, 6.45) is -0.781. The lowest BCUT2D eigenvalue weighted by molar-refractivity contribution is -0.162. The van der Waals surface area contributed by atoms with Gasteiger partial charge in [-0.3, -0.25) is 9.59 Å². The van der Waals surface area contributed by atoms with Crippen LogP contribution in [0.25, 0.3) is 0 Å². The first-order valence-electron chi connectivity index (χ1n) is 4.68. The molecule has 5 heteroatoms. The van der Waals surface area contributed by atoms with Gasteiger partial charge >= 0.3 is 5.97 Å². The minimum absolute atomic E-state index is 0.138. The molecule has 0 aromatic carbocycles. The summed E-state index contributed by atoms with van der Waals surface area (Å²) in [7, 11) is 0. The van der Waals surface area contributed by atoms with Crippen molar-refractivity contribution in [3.05, 3.63) is 0 Å². The van der Waals surface area contributed by atoms with Crippen molar-refractivity contribution in [1.29, 1.82) is 0 Å². The topological polar surface area (TPSA) is 46.6 Å². The van der Waals surface area contributed by atoms with E-state index in [9.17, 15) is 14.0 Å². The molecular formula is C9H12FNO3. The standard InChI is InChI=1S/C9H12FNO3/c1-5(12)14-6-3-11(4-6)9(13)7-2-8(7)10/h6-8H,2-4H2,1H3. The van der Waals surface area contributed by atoms with Crippen molar-refractivity contribution in [1.82, 2.24) is 4.90 Å². The number of hydrogen-bond acceptors (Lipinski definition) is 3. The van der Waals surface area contributed by atoms with Crippen LogP contribution in [0.1, 0.15) is 13.3 Å². The Balaban J connectivity index is 1.72. The zero-order valence-electron chi connectivity index (χ0n) is 7.90. The highest BCUT2D eigenvalue weighted by Crippen LogP contribution is 2.36. The highest BCUT2D eigenvalue weighted by Gasteiger charge is 2.48. The zero-order chi connectivity index (χ0) is 10.3. The van der Waals surface area contributed by atoms with Crippen LogP contribution in [0.15, 0.2) is 0 Å². The van der Waals surface area contributed by atoms with Gasteiger partial charge in [-0.25, -0.2) is 4.39 Å². The van der Waals surface area contributed by atoms with Crippen LogP contribution in [0.5, 0.6) is 0 Å². The van der Waals surface area contributed by atoms with Gasteiger partial charge < -0.3 is 9.64 Å². The number of carbonyl (C=O) groups excluding carboxylic acids is 2. The number of nitrogens with zero attached hydrogens (tertiary/aromatic N) is 1. The quantitative estimate of drug-likeness (QED) is 0.596. The average Bonchev–Trinajstić information content (AvgIpc) is 2.72. The molecule has 2 atom stereocenters. The first-order valence-corrected chi connectivity index (χ1v) is 4.68. The highest BCUT2D eigenvalue weighted by molar-refractivity contribution is 5.83. The fourth-order valence-electron chi connectivity index (χ4n) is 1.58. The van der Waals surface area contributed by atoms with Crippen LogP contribution in [-0.2, 0) is 14.3 Å². The molecule has 1 aliphatic heterocycles. The second-order valence-corrected chi connectivity index (χ2v) is 3.83. The van der Waals surface area contributed by atoms with Gasteiger partial charge in [-0.15, -0.1) is 0 Å². The number of carbonyl (C=O) groups is 2. The van der Waals surface area contributed by atoms with Crippen LogP contribution in [0.4, 0.5) is 4.39 Å². The van der Waals surface area contributed by atoms with E-state index in [1.807, 2.05) is 0 Å². The molecule has 2 aliphatic rings. The lowest BCUT2D eigenvalue weighted by atomic mass is 10.1. The largest absolute Gasteiger partial charge is 0.459 e. The third kappa shape index (κ3) is 1.71. The summed E-state index contributed by atoms with van der Waals surface area (Å²) in [6.45, 7) is 2.17. The van der Waals surface area contributed by atoms with Crippen LogP contribution in [0.2, 0.25) is 0 Å². The molecule has 0 radical (unpaired) electrons. The van der Waals surface area contributed by atoms with E-state index >= 15 is 0 Å². The van der Waals surface area contributed by atoms with Crippen molar-refractivity contribution in [3.8, 4) is 0 Å². The Hall–Kier alpha value is -1.13. The molecule has 78 valence electrons. The number of ether oxygens (including phenoxy) is 1. The Kier molecular flexibility index (Phi) is 2.17. The molecule has 1 aliphatic carbocycles. The summed E-state index contributed by atoms with van der Waals surface area (Å²) in [5.41, 5.74) is 0. The second kappa shape index (κ2) is 3.22. The minimum Gasteiger partial charge on any atom is -0.459 e. The third-order valence-electron chi connectivity index (χ3n) is 2.52. The lowest BCUT2D eigenvalue weighted by Gasteiger charge is -2.38. The maximum Gasteiger partial charge on any atom is 0.303 e.